The zero-order valence-corrected chi connectivity index (χ0v) is 50.1. The molecule has 0 aliphatic rings. The Morgan fingerprint density at radius 3 is 1.04 bits per heavy atom. The Balaban J connectivity index is 1.30. The lowest BCUT2D eigenvalue weighted by Gasteiger charge is -2.34. The first-order valence-corrected chi connectivity index (χ1v) is 28.6. The van der Waals surface area contributed by atoms with Gasteiger partial charge in [0.25, 0.3) is 0 Å². The van der Waals surface area contributed by atoms with Gasteiger partial charge >= 0.3 is 0 Å². The van der Waals surface area contributed by atoms with Crippen LogP contribution in [-0.2, 0) is 32.5 Å². The van der Waals surface area contributed by atoms with Crippen LogP contribution in [0, 0.1) is 0 Å². The first-order valence-electron chi connectivity index (χ1n) is 28.6. The van der Waals surface area contributed by atoms with Gasteiger partial charge in [-0.05, 0) is 147 Å². The molecule has 1 heterocycles. The molecule has 396 valence electrons. The summed E-state index contributed by atoms with van der Waals surface area (Å²) in [5.74, 6) is 0. The van der Waals surface area contributed by atoms with Crippen molar-refractivity contribution in [2.24, 2.45) is 0 Å². The predicted octanol–water partition coefficient (Wildman–Crippen LogP) is 22.3. The number of para-hydroxylation sites is 2. The zero-order valence-electron chi connectivity index (χ0n) is 50.1. The predicted molar refractivity (Wildman–Crippen MR) is 342 cm³/mol. The third-order valence-electron chi connectivity index (χ3n) is 16.8. The maximum Gasteiger partial charge on any atom is 0.0541 e. The molecule has 11 aromatic rings. The molecule has 0 radical (unpaired) electrons. The minimum absolute atomic E-state index is 0.0690. The standard InChI is InChI=1S/C76H82N2/c1-71(2,3)51-31-37-67(61(45-51)49-39-53(73(7,8)9)43-54(40-49)74(10,11)12)78(68-38-32-52(72(4,5)6)46-62(68)50-41-55(75(13,14)15)44-56(42-50)76(16,17)18)66-36-30-48-27-33-59-65(35-29-47-28-34-60(66)70(48)69(47)59)77-63-25-21-19-23-57(63)58-24-20-22-26-64(58)77/h19-46H,1-18H3. The van der Waals surface area contributed by atoms with Crippen molar-refractivity contribution in [3.05, 3.63) is 203 Å². The molecule has 0 fully saturated rings. The third-order valence-corrected chi connectivity index (χ3v) is 16.8. The fourth-order valence-corrected chi connectivity index (χ4v) is 11.9. The Morgan fingerprint density at radius 2 is 0.628 bits per heavy atom. The summed E-state index contributed by atoms with van der Waals surface area (Å²) in [6.07, 6.45) is 0. The van der Waals surface area contributed by atoms with E-state index in [1.54, 1.807) is 0 Å². The summed E-state index contributed by atoms with van der Waals surface area (Å²) in [4.78, 5) is 2.66. The Morgan fingerprint density at radius 1 is 0.282 bits per heavy atom. The molecular formula is C76H82N2. The van der Waals surface area contributed by atoms with Crippen LogP contribution in [0.3, 0.4) is 0 Å². The molecule has 0 N–H and O–H groups in total. The van der Waals surface area contributed by atoms with Gasteiger partial charge in [-0.3, -0.25) is 0 Å². The van der Waals surface area contributed by atoms with Gasteiger partial charge in [-0.25, -0.2) is 0 Å². The molecule has 2 heteroatoms. The number of rotatable bonds is 6. The Hall–Kier alpha value is -7.16. The van der Waals surface area contributed by atoms with Crippen LogP contribution in [0.4, 0.5) is 17.1 Å². The number of fused-ring (bicyclic) bond motifs is 3. The summed E-state index contributed by atoms with van der Waals surface area (Å²) >= 11 is 0. The average Bonchev–Trinajstić information content (AvgIpc) is 3.82. The highest BCUT2D eigenvalue weighted by Gasteiger charge is 2.31. The van der Waals surface area contributed by atoms with Crippen molar-refractivity contribution < 1.29 is 0 Å². The normalized spacial score (nSPS) is 13.3. The van der Waals surface area contributed by atoms with Crippen LogP contribution in [0.1, 0.15) is 158 Å². The smallest absolute Gasteiger partial charge is 0.0541 e. The second kappa shape index (κ2) is 18.2. The molecule has 0 bridgehead atoms. The van der Waals surface area contributed by atoms with E-state index in [1.807, 2.05) is 0 Å². The number of anilines is 3. The molecule has 78 heavy (non-hydrogen) atoms. The van der Waals surface area contributed by atoms with Crippen LogP contribution in [-0.4, -0.2) is 4.57 Å². The highest BCUT2D eigenvalue weighted by atomic mass is 15.1. The number of hydrogen-bond acceptors (Lipinski definition) is 1. The van der Waals surface area contributed by atoms with E-state index in [9.17, 15) is 0 Å². The van der Waals surface area contributed by atoms with E-state index in [-0.39, 0.29) is 32.5 Å². The number of aromatic nitrogens is 1. The average molecular weight is 1020 g/mol. The number of benzene rings is 10. The van der Waals surface area contributed by atoms with Crippen LogP contribution < -0.4 is 4.90 Å². The van der Waals surface area contributed by atoms with Crippen LogP contribution >= 0.6 is 0 Å². The second-order valence-corrected chi connectivity index (χ2v) is 28.9. The van der Waals surface area contributed by atoms with Crippen molar-refractivity contribution in [1.29, 1.82) is 0 Å². The largest absolute Gasteiger partial charge is 0.309 e. The fourth-order valence-electron chi connectivity index (χ4n) is 11.9. The van der Waals surface area contributed by atoms with Gasteiger partial charge in [-0.15, -0.1) is 0 Å². The molecule has 11 rings (SSSR count). The summed E-state index contributed by atoms with van der Waals surface area (Å²) < 4.78 is 2.49. The van der Waals surface area contributed by atoms with Gasteiger partial charge in [0.1, 0.15) is 0 Å². The van der Waals surface area contributed by atoms with E-state index >= 15 is 0 Å². The molecule has 0 atom stereocenters. The van der Waals surface area contributed by atoms with Gasteiger partial charge in [0, 0.05) is 32.7 Å². The van der Waals surface area contributed by atoms with Crippen molar-refractivity contribution in [3.8, 4) is 27.9 Å². The van der Waals surface area contributed by atoms with Crippen LogP contribution in [0.15, 0.2) is 170 Å². The van der Waals surface area contributed by atoms with Gasteiger partial charge in [-0.1, -0.05) is 246 Å². The molecule has 2 nitrogen and oxygen atoms in total. The van der Waals surface area contributed by atoms with E-state index in [0.29, 0.717) is 0 Å². The van der Waals surface area contributed by atoms with Gasteiger partial charge in [-0.2, -0.15) is 0 Å². The van der Waals surface area contributed by atoms with Crippen molar-refractivity contribution in [3.63, 3.8) is 0 Å². The van der Waals surface area contributed by atoms with Crippen molar-refractivity contribution in [2.75, 3.05) is 4.90 Å². The highest BCUT2D eigenvalue weighted by Crippen LogP contribution is 2.52. The molecule has 0 spiro atoms. The second-order valence-electron chi connectivity index (χ2n) is 28.9. The van der Waals surface area contributed by atoms with Gasteiger partial charge in [0.2, 0.25) is 0 Å². The first-order chi connectivity index (χ1) is 36.5. The maximum absolute atomic E-state index is 2.66. The maximum atomic E-state index is 2.66. The van der Waals surface area contributed by atoms with Crippen molar-refractivity contribution in [1.82, 2.24) is 4.57 Å². The fraction of sp³-hybridized carbons (Fsp3) is 0.316. The van der Waals surface area contributed by atoms with E-state index in [2.05, 4.69) is 304 Å². The number of hydrogen-bond donors (Lipinski definition) is 0. The summed E-state index contributed by atoms with van der Waals surface area (Å²) in [6, 6.07) is 66.4. The first kappa shape index (κ1) is 52.9. The molecule has 0 aliphatic heterocycles. The monoisotopic (exact) mass is 1020 g/mol. The van der Waals surface area contributed by atoms with Crippen LogP contribution in [0.2, 0.25) is 0 Å². The van der Waals surface area contributed by atoms with E-state index in [4.69, 9.17) is 0 Å². The van der Waals surface area contributed by atoms with E-state index in [1.165, 1.54) is 115 Å². The van der Waals surface area contributed by atoms with Crippen molar-refractivity contribution in [2.45, 2.75) is 157 Å². The summed E-state index contributed by atoms with van der Waals surface area (Å²) in [5.41, 5.74) is 19.5. The summed E-state index contributed by atoms with van der Waals surface area (Å²) in [7, 11) is 0. The molecule has 10 aromatic carbocycles. The van der Waals surface area contributed by atoms with Crippen LogP contribution in [0.5, 0.6) is 0 Å². The Kier molecular flexibility index (Phi) is 12.3. The van der Waals surface area contributed by atoms with Crippen molar-refractivity contribution >= 4 is 71.2 Å². The summed E-state index contributed by atoms with van der Waals surface area (Å²) in [5, 5.41) is 10.0. The van der Waals surface area contributed by atoms with E-state index < -0.39 is 0 Å². The van der Waals surface area contributed by atoms with Gasteiger partial charge in [0.05, 0.1) is 33.8 Å². The van der Waals surface area contributed by atoms with Gasteiger partial charge < -0.3 is 9.47 Å². The lowest BCUT2D eigenvalue weighted by Crippen LogP contribution is -2.19. The lowest BCUT2D eigenvalue weighted by atomic mass is 9.77. The minimum atomic E-state index is -0.0933. The minimum Gasteiger partial charge on any atom is -0.309 e. The Labute approximate surface area is 466 Å². The molecule has 0 saturated heterocycles. The van der Waals surface area contributed by atoms with E-state index in [0.717, 1.165) is 17.1 Å². The summed E-state index contributed by atoms with van der Waals surface area (Å²) in [6.45, 7) is 42.4. The number of nitrogens with zero attached hydrogens (tertiary/aromatic N) is 2. The molecular weight excluding hydrogens is 941 g/mol. The molecule has 0 aliphatic carbocycles. The molecule has 0 saturated carbocycles. The highest BCUT2D eigenvalue weighted by molar-refractivity contribution is 6.28. The SMILES string of the molecule is CC(C)(C)c1cc(-c2cc(C(C)(C)C)ccc2N(c2ccc(C(C)(C)C)cc2-c2cc(C(C)(C)C)cc(C(C)(C)C)c2)c2ccc3ccc4c(-n5c6ccccc6c6ccccc65)ccc5ccc2c3c54)cc(C(C)(C)C)c1. The van der Waals surface area contributed by atoms with Gasteiger partial charge in [0.15, 0.2) is 0 Å². The Bertz CT molecular complexity index is 3880. The van der Waals surface area contributed by atoms with Crippen LogP contribution in [0.25, 0.3) is 82.1 Å². The zero-order chi connectivity index (χ0) is 55.8. The lowest BCUT2D eigenvalue weighted by molar-refractivity contribution is 0.568. The molecule has 1 aromatic heterocycles. The molecule has 0 amide bonds. The topological polar surface area (TPSA) is 8.17 Å². The quantitative estimate of drug-likeness (QED) is 0.151. The molecule has 0 unspecified atom stereocenters. The third kappa shape index (κ3) is 9.27.